The van der Waals surface area contributed by atoms with Crippen molar-refractivity contribution < 1.29 is 18.0 Å². The maximum Gasteiger partial charge on any atom is 0.417 e. The predicted octanol–water partition coefficient (Wildman–Crippen LogP) is 2.80. The number of amides is 1. The van der Waals surface area contributed by atoms with E-state index in [1.807, 2.05) is 0 Å². The first kappa shape index (κ1) is 14.8. The minimum Gasteiger partial charge on any atom is -0.336 e. The number of nitrogens with zero attached hydrogens (tertiary/aromatic N) is 2. The first-order valence-electron chi connectivity index (χ1n) is 5.13. The fourth-order valence-electron chi connectivity index (χ4n) is 1.17. The second-order valence-corrected chi connectivity index (χ2v) is 4.16. The van der Waals surface area contributed by atoms with Gasteiger partial charge in [0.25, 0.3) is 5.91 Å². The van der Waals surface area contributed by atoms with Crippen molar-refractivity contribution in [3.05, 3.63) is 29.6 Å². The third kappa shape index (κ3) is 3.35. The van der Waals surface area contributed by atoms with E-state index < -0.39 is 17.6 Å². The molecule has 18 heavy (non-hydrogen) atoms. The maximum atomic E-state index is 12.3. The molecule has 0 radical (unpaired) electrons. The monoisotopic (exact) mass is 280 g/mol. The Morgan fingerprint density at radius 1 is 1.50 bits per heavy atom. The number of halogens is 4. The van der Waals surface area contributed by atoms with Crippen LogP contribution in [0, 0.1) is 0 Å². The molecule has 0 aliphatic carbocycles. The first-order chi connectivity index (χ1) is 8.27. The third-order valence-electron chi connectivity index (χ3n) is 2.51. The molecule has 0 spiro atoms. The van der Waals surface area contributed by atoms with Gasteiger partial charge in [0.15, 0.2) is 0 Å². The van der Waals surface area contributed by atoms with Gasteiger partial charge in [-0.25, -0.2) is 0 Å². The Balaban J connectivity index is 2.89. The normalized spacial score (nSPS) is 13.2. The van der Waals surface area contributed by atoms with Crippen molar-refractivity contribution in [3.63, 3.8) is 0 Å². The third-order valence-corrected chi connectivity index (χ3v) is 2.96. The molecule has 1 heterocycles. The quantitative estimate of drug-likeness (QED) is 0.798. The van der Waals surface area contributed by atoms with Crippen LogP contribution in [0.5, 0.6) is 0 Å². The van der Waals surface area contributed by atoms with Gasteiger partial charge in [0.1, 0.15) is 5.69 Å². The molecule has 0 saturated carbocycles. The second kappa shape index (κ2) is 5.56. The van der Waals surface area contributed by atoms with Crippen molar-refractivity contribution in [1.29, 1.82) is 0 Å². The Morgan fingerprint density at radius 3 is 2.50 bits per heavy atom. The highest BCUT2D eigenvalue weighted by atomic mass is 35.5. The number of alkyl halides is 4. The number of hydrogen-bond acceptors (Lipinski definition) is 2. The van der Waals surface area contributed by atoms with Crippen molar-refractivity contribution in [2.75, 3.05) is 12.9 Å². The lowest BCUT2D eigenvalue weighted by Crippen LogP contribution is -2.36. The van der Waals surface area contributed by atoms with E-state index >= 15 is 0 Å². The Kier molecular flexibility index (Phi) is 4.56. The first-order valence-corrected chi connectivity index (χ1v) is 5.67. The molecule has 1 atom stereocenters. The number of carbonyl (C=O) groups excluding carboxylic acids is 1. The Bertz CT molecular complexity index is 419. The summed E-state index contributed by atoms with van der Waals surface area (Å²) in [6.07, 6.45) is -3.81. The molecule has 1 aromatic heterocycles. The molecule has 0 N–H and O–H groups in total. The summed E-state index contributed by atoms with van der Waals surface area (Å²) in [5.74, 6) is -0.222. The van der Waals surface area contributed by atoms with Gasteiger partial charge in [-0.2, -0.15) is 13.2 Å². The molecule has 0 saturated heterocycles. The van der Waals surface area contributed by atoms with Crippen molar-refractivity contribution in [1.82, 2.24) is 9.88 Å². The van der Waals surface area contributed by atoms with Gasteiger partial charge in [-0.15, -0.1) is 11.6 Å². The molecule has 1 rings (SSSR count). The average Bonchev–Trinajstić information content (AvgIpc) is 2.35. The molecule has 100 valence electrons. The molecule has 1 aromatic rings. The van der Waals surface area contributed by atoms with Crippen LogP contribution in [-0.4, -0.2) is 34.8 Å². The van der Waals surface area contributed by atoms with Crippen LogP contribution in [0.1, 0.15) is 23.0 Å². The van der Waals surface area contributed by atoms with Crippen LogP contribution in [0.3, 0.4) is 0 Å². The van der Waals surface area contributed by atoms with Gasteiger partial charge in [0, 0.05) is 25.2 Å². The Morgan fingerprint density at radius 2 is 2.11 bits per heavy atom. The number of pyridine rings is 1. The molecule has 0 aliphatic rings. The minimum atomic E-state index is -4.45. The zero-order chi connectivity index (χ0) is 13.9. The van der Waals surface area contributed by atoms with Gasteiger partial charge < -0.3 is 4.90 Å². The van der Waals surface area contributed by atoms with Crippen molar-refractivity contribution >= 4 is 17.5 Å². The summed E-state index contributed by atoms with van der Waals surface area (Å²) in [5, 5.41) is 0. The molecule has 7 heteroatoms. The van der Waals surface area contributed by atoms with Gasteiger partial charge in [-0.3, -0.25) is 9.78 Å². The van der Waals surface area contributed by atoms with Crippen LogP contribution in [0.2, 0.25) is 0 Å². The summed E-state index contributed by atoms with van der Waals surface area (Å²) in [6.45, 7) is 1.73. The highest BCUT2D eigenvalue weighted by Crippen LogP contribution is 2.28. The minimum absolute atomic E-state index is 0.0394. The highest BCUT2D eigenvalue weighted by molar-refractivity contribution is 6.18. The van der Waals surface area contributed by atoms with Crippen LogP contribution in [0.4, 0.5) is 13.2 Å². The van der Waals surface area contributed by atoms with Gasteiger partial charge >= 0.3 is 6.18 Å². The summed E-state index contributed by atoms with van der Waals surface area (Å²) < 4.78 is 36.9. The molecule has 0 fully saturated rings. The van der Waals surface area contributed by atoms with E-state index in [9.17, 15) is 18.0 Å². The smallest absolute Gasteiger partial charge is 0.336 e. The summed E-state index contributed by atoms with van der Waals surface area (Å²) in [7, 11) is 1.52. The average molecular weight is 281 g/mol. The number of carbonyl (C=O) groups is 1. The lowest BCUT2D eigenvalue weighted by Gasteiger charge is -2.22. The van der Waals surface area contributed by atoms with E-state index in [0.717, 1.165) is 12.1 Å². The van der Waals surface area contributed by atoms with E-state index in [-0.39, 0.29) is 17.6 Å². The number of hydrogen-bond donors (Lipinski definition) is 0. The number of rotatable bonds is 3. The second-order valence-electron chi connectivity index (χ2n) is 3.85. The summed E-state index contributed by atoms with van der Waals surface area (Å²) in [6, 6.07) is 1.67. The van der Waals surface area contributed by atoms with Gasteiger partial charge in [-0.1, -0.05) is 0 Å². The fourth-order valence-corrected chi connectivity index (χ4v) is 1.38. The van der Waals surface area contributed by atoms with Gasteiger partial charge in [0.05, 0.1) is 5.56 Å². The van der Waals surface area contributed by atoms with E-state index in [4.69, 9.17) is 11.6 Å². The van der Waals surface area contributed by atoms with Crippen LogP contribution in [0.25, 0.3) is 0 Å². The van der Waals surface area contributed by atoms with E-state index in [1.54, 1.807) is 6.92 Å². The molecule has 1 unspecified atom stereocenters. The summed E-state index contributed by atoms with van der Waals surface area (Å²) in [5.41, 5.74) is -0.922. The van der Waals surface area contributed by atoms with Crippen molar-refractivity contribution in [2.45, 2.75) is 19.1 Å². The fraction of sp³-hybridized carbons (Fsp3) is 0.455. The lowest BCUT2D eigenvalue weighted by molar-refractivity contribution is -0.137. The standard InChI is InChI=1S/C11H12ClF3N2O/c1-7(5-12)17(2)10(18)9-4-3-8(6-16-9)11(13,14)15/h3-4,6-7H,5H2,1-2H3. The zero-order valence-electron chi connectivity index (χ0n) is 9.83. The number of aromatic nitrogens is 1. The van der Waals surface area contributed by atoms with Crippen molar-refractivity contribution in [3.8, 4) is 0 Å². The molecule has 1 amide bonds. The summed E-state index contributed by atoms with van der Waals surface area (Å²) in [4.78, 5) is 16.7. The van der Waals surface area contributed by atoms with E-state index in [2.05, 4.69) is 4.98 Å². The molecule has 0 bridgehead atoms. The van der Waals surface area contributed by atoms with Crippen LogP contribution in [0.15, 0.2) is 18.3 Å². The van der Waals surface area contributed by atoms with Crippen molar-refractivity contribution in [2.24, 2.45) is 0 Å². The van der Waals surface area contributed by atoms with Gasteiger partial charge in [0.2, 0.25) is 0 Å². The Hall–Kier alpha value is -1.30. The predicted molar refractivity (Wildman–Crippen MR) is 61.5 cm³/mol. The zero-order valence-corrected chi connectivity index (χ0v) is 10.6. The Labute approximate surface area is 108 Å². The molecule has 3 nitrogen and oxygen atoms in total. The lowest BCUT2D eigenvalue weighted by atomic mass is 10.2. The molecular weight excluding hydrogens is 269 g/mol. The summed E-state index contributed by atoms with van der Waals surface area (Å²) >= 11 is 5.60. The van der Waals surface area contributed by atoms with Crippen LogP contribution < -0.4 is 0 Å². The largest absolute Gasteiger partial charge is 0.417 e. The van der Waals surface area contributed by atoms with E-state index in [1.165, 1.54) is 11.9 Å². The topological polar surface area (TPSA) is 33.2 Å². The molecular formula is C11H12ClF3N2O. The molecule has 0 aliphatic heterocycles. The maximum absolute atomic E-state index is 12.3. The SMILES string of the molecule is CC(CCl)N(C)C(=O)c1ccc(C(F)(F)F)cn1. The van der Waals surface area contributed by atoms with Gasteiger partial charge in [-0.05, 0) is 19.1 Å². The van der Waals surface area contributed by atoms with Crippen LogP contribution in [-0.2, 0) is 6.18 Å². The highest BCUT2D eigenvalue weighted by Gasteiger charge is 2.31. The van der Waals surface area contributed by atoms with Crippen LogP contribution >= 0.6 is 11.6 Å². The van der Waals surface area contributed by atoms with E-state index in [0.29, 0.717) is 6.20 Å². The molecule has 0 aromatic carbocycles.